The number of hydrogen-bond acceptors (Lipinski definition) is 3. The molecule has 1 unspecified atom stereocenters. The molecule has 1 amide bonds. The maximum Gasteiger partial charge on any atom is 0.251 e. The predicted molar refractivity (Wildman–Crippen MR) is 64.6 cm³/mol. The van der Waals surface area contributed by atoms with Gasteiger partial charge in [-0.2, -0.15) is 0 Å². The molecule has 0 saturated heterocycles. The minimum Gasteiger partial charge on any atom is -0.495 e. The molecule has 0 bridgehead atoms. The quantitative estimate of drug-likeness (QED) is 0.763. The van der Waals surface area contributed by atoms with Crippen LogP contribution in [0.2, 0.25) is 0 Å². The second-order valence-corrected chi connectivity index (χ2v) is 3.74. The number of rotatable bonds is 4. The molecule has 0 aliphatic carbocycles. The maximum absolute atomic E-state index is 11.8. The van der Waals surface area contributed by atoms with Gasteiger partial charge in [0.05, 0.1) is 12.8 Å². The van der Waals surface area contributed by atoms with Crippen molar-refractivity contribution in [1.29, 1.82) is 0 Å². The van der Waals surface area contributed by atoms with Crippen molar-refractivity contribution in [2.45, 2.75) is 26.3 Å². The summed E-state index contributed by atoms with van der Waals surface area (Å²) >= 11 is 0. The molecule has 0 heterocycles. The number of nitrogen functional groups attached to an aromatic ring is 1. The largest absolute Gasteiger partial charge is 0.495 e. The van der Waals surface area contributed by atoms with E-state index in [2.05, 4.69) is 5.32 Å². The van der Waals surface area contributed by atoms with Crippen molar-refractivity contribution in [1.82, 2.24) is 5.32 Å². The number of amides is 1. The Labute approximate surface area is 95.8 Å². The Morgan fingerprint density at radius 3 is 2.81 bits per heavy atom. The summed E-state index contributed by atoms with van der Waals surface area (Å²) in [6, 6.07) is 5.17. The van der Waals surface area contributed by atoms with Crippen LogP contribution in [0.25, 0.3) is 0 Å². The maximum atomic E-state index is 11.8. The molecule has 0 aliphatic heterocycles. The summed E-state index contributed by atoms with van der Waals surface area (Å²) in [7, 11) is 1.53. The highest BCUT2D eigenvalue weighted by Crippen LogP contribution is 2.22. The first-order chi connectivity index (χ1) is 7.58. The van der Waals surface area contributed by atoms with Gasteiger partial charge >= 0.3 is 0 Å². The molecule has 16 heavy (non-hydrogen) atoms. The fourth-order valence-electron chi connectivity index (χ4n) is 1.26. The van der Waals surface area contributed by atoms with Gasteiger partial charge in [0.1, 0.15) is 5.75 Å². The van der Waals surface area contributed by atoms with Crippen LogP contribution in [0.1, 0.15) is 30.6 Å². The van der Waals surface area contributed by atoms with Crippen molar-refractivity contribution in [2.75, 3.05) is 12.8 Å². The fraction of sp³-hybridized carbons (Fsp3) is 0.417. The van der Waals surface area contributed by atoms with Crippen molar-refractivity contribution in [2.24, 2.45) is 0 Å². The molecule has 0 saturated carbocycles. The Morgan fingerprint density at radius 2 is 2.25 bits per heavy atom. The third kappa shape index (κ3) is 2.89. The number of anilines is 1. The molecule has 0 aromatic heterocycles. The van der Waals surface area contributed by atoms with Crippen molar-refractivity contribution >= 4 is 11.6 Å². The van der Waals surface area contributed by atoms with Crippen LogP contribution in [0.3, 0.4) is 0 Å². The van der Waals surface area contributed by atoms with E-state index in [-0.39, 0.29) is 11.9 Å². The molecular weight excluding hydrogens is 204 g/mol. The normalized spacial score (nSPS) is 11.9. The Morgan fingerprint density at radius 1 is 1.56 bits per heavy atom. The molecule has 0 radical (unpaired) electrons. The number of methoxy groups -OCH3 is 1. The lowest BCUT2D eigenvalue weighted by Crippen LogP contribution is -2.31. The first-order valence-electron chi connectivity index (χ1n) is 5.32. The van der Waals surface area contributed by atoms with Gasteiger partial charge in [-0.1, -0.05) is 6.92 Å². The third-order valence-corrected chi connectivity index (χ3v) is 2.49. The van der Waals surface area contributed by atoms with Crippen LogP contribution in [-0.2, 0) is 0 Å². The summed E-state index contributed by atoms with van der Waals surface area (Å²) < 4.78 is 5.06. The summed E-state index contributed by atoms with van der Waals surface area (Å²) in [5.74, 6) is 0.421. The fourth-order valence-corrected chi connectivity index (χ4v) is 1.26. The molecule has 3 N–H and O–H groups in total. The van der Waals surface area contributed by atoms with Gasteiger partial charge in [0.25, 0.3) is 5.91 Å². The number of nitrogens with one attached hydrogen (secondary N) is 1. The summed E-state index contributed by atoms with van der Waals surface area (Å²) in [4.78, 5) is 11.8. The number of nitrogens with two attached hydrogens (primary N) is 1. The SMILES string of the molecule is CCC(C)NC(=O)c1ccc(N)c(OC)c1. The van der Waals surface area contributed by atoms with E-state index < -0.39 is 0 Å². The van der Waals surface area contributed by atoms with Gasteiger partial charge in [-0.05, 0) is 31.5 Å². The zero-order valence-corrected chi connectivity index (χ0v) is 9.91. The van der Waals surface area contributed by atoms with Crippen molar-refractivity contribution in [3.8, 4) is 5.75 Å². The van der Waals surface area contributed by atoms with Crippen LogP contribution in [0.15, 0.2) is 18.2 Å². The number of carbonyl (C=O) groups excluding carboxylic acids is 1. The van der Waals surface area contributed by atoms with Crippen molar-refractivity contribution < 1.29 is 9.53 Å². The van der Waals surface area contributed by atoms with Crippen LogP contribution in [-0.4, -0.2) is 19.1 Å². The summed E-state index contributed by atoms with van der Waals surface area (Å²) in [5.41, 5.74) is 6.76. The summed E-state index contributed by atoms with van der Waals surface area (Å²) in [6.07, 6.45) is 0.901. The Balaban J connectivity index is 2.84. The van der Waals surface area contributed by atoms with E-state index in [1.54, 1.807) is 18.2 Å². The minimum absolute atomic E-state index is 0.104. The smallest absolute Gasteiger partial charge is 0.251 e. The van der Waals surface area contributed by atoms with Gasteiger partial charge in [0.2, 0.25) is 0 Å². The van der Waals surface area contributed by atoms with Crippen LogP contribution in [0.5, 0.6) is 5.75 Å². The molecule has 1 rings (SSSR count). The highest BCUT2D eigenvalue weighted by atomic mass is 16.5. The van der Waals surface area contributed by atoms with Gasteiger partial charge in [0, 0.05) is 11.6 Å². The van der Waals surface area contributed by atoms with Gasteiger partial charge in [-0.15, -0.1) is 0 Å². The lowest BCUT2D eigenvalue weighted by atomic mass is 10.1. The molecule has 4 heteroatoms. The van der Waals surface area contributed by atoms with E-state index in [1.807, 2.05) is 13.8 Å². The van der Waals surface area contributed by atoms with Crippen molar-refractivity contribution in [3.63, 3.8) is 0 Å². The molecule has 0 spiro atoms. The van der Waals surface area contributed by atoms with Crippen LogP contribution < -0.4 is 15.8 Å². The van der Waals surface area contributed by atoms with E-state index in [1.165, 1.54) is 7.11 Å². The first kappa shape index (κ1) is 12.4. The number of carbonyl (C=O) groups is 1. The molecular formula is C12H18N2O2. The van der Waals surface area contributed by atoms with Crippen LogP contribution in [0, 0.1) is 0 Å². The van der Waals surface area contributed by atoms with Crippen LogP contribution in [0.4, 0.5) is 5.69 Å². The predicted octanol–water partition coefficient (Wildman–Crippen LogP) is 1.81. The topological polar surface area (TPSA) is 64.4 Å². The second-order valence-electron chi connectivity index (χ2n) is 3.74. The van der Waals surface area contributed by atoms with E-state index in [0.29, 0.717) is 17.0 Å². The van der Waals surface area contributed by atoms with Gasteiger partial charge in [-0.25, -0.2) is 0 Å². The van der Waals surface area contributed by atoms with Gasteiger partial charge in [-0.3, -0.25) is 4.79 Å². The summed E-state index contributed by atoms with van der Waals surface area (Å²) in [5, 5.41) is 2.88. The number of hydrogen-bond donors (Lipinski definition) is 2. The Kier molecular flexibility index (Phi) is 4.17. The van der Waals surface area contributed by atoms with Gasteiger partial charge in [0.15, 0.2) is 0 Å². The summed E-state index contributed by atoms with van der Waals surface area (Å²) in [6.45, 7) is 3.99. The van der Waals surface area contributed by atoms with E-state index in [0.717, 1.165) is 6.42 Å². The lowest BCUT2D eigenvalue weighted by molar-refractivity contribution is 0.0939. The van der Waals surface area contributed by atoms with Gasteiger partial charge < -0.3 is 15.8 Å². The monoisotopic (exact) mass is 222 g/mol. The first-order valence-corrected chi connectivity index (χ1v) is 5.32. The molecule has 0 aliphatic rings. The third-order valence-electron chi connectivity index (χ3n) is 2.49. The van der Waals surface area contributed by atoms with Crippen LogP contribution >= 0.6 is 0 Å². The Hall–Kier alpha value is -1.71. The molecule has 0 fully saturated rings. The Bertz CT molecular complexity index is 377. The highest BCUT2D eigenvalue weighted by Gasteiger charge is 2.10. The zero-order chi connectivity index (χ0) is 12.1. The average Bonchev–Trinajstić information content (AvgIpc) is 2.29. The van der Waals surface area contributed by atoms with Crippen molar-refractivity contribution in [3.05, 3.63) is 23.8 Å². The molecule has 4 nitrogen and oxygen atoms in total. The number of benzene rings is 1. The molecule has 1 aromatic rings. The lowest BCUT2D eigenvalue weighted by Gasteiger charge is -2.12. The van der Waals surface area contributed by atoms with E-state index in [9.17, 15) is 4.79 Å². The highest BCUT2D eigenvalue weighted by molar-refractivity contribution is 5.95. The molecule has 88 valence electrons. The van der Waals surface area contributed by atoms with E-state index >= 15 is 0 Å². The molecule has 1 aromatic carbocycles. The second kappa shape index (κ2) is 5.39. The zero-order valence-electron chi connectivity index (χ0n) is 9.91. The average molecular weight is 222 g/mol. The molecule has 1 atom stereocenters. The van der Waals surface area contributed by atoms with E-state index in [4.69, 9.17) is 10.5 Å². The standard InChI is InChI=1S/C12H18N2O2/c1-4-8(2)14-12(15)9-5-6-10(13)11(7-9)16-3/h5-8H,4,13H2,1-3H3,(H,14,15). The number of ether oxygens (including phenoxy) is 1. The minimum atomic E-state index is -0.104.